The molecular formula is C25H21FN2O3S. The molecule has 7 heteroatoms. The molecule has 0 atom stereocenters. The highest BCUT2D eigenvalue weighted by molar-refractivity contribution is 7.13. The van der Waals surface area contributed by atoms with Gasteiger partial charge in [0.2, 0.25) is 0 Å². The SMILES string of the molecule is COc1ccc(-c2sc(=NC(=O)c3cccc(F)c3)n(C)c2-c2ccc(OC)cc2)cc1. The summed E-state index contributed by atoms with van der Waals surface area (Å²) in [5, 5.41) is 0. The maximum absolute atomic E-state index is 13.6. The minimum Gasteiger partial charge on any atom is -0.497 e. The highest BCUT2D eigenvalue weighted by Crippen LogP contribution is 2.35. The predicted octanol–water partition coefficient (Wildman–Crippen LogP) is 5.32. The van der Waals surface area contributed by atoms with Gasteiger partial charge in [-0.2, -0.15) is 4.99 Å². The molecule has 32 heavy (non-hydrogen) atoms. The average Bonchev–Trinajstić information content (AvgIpc) is 3.15. The van der Waals surface area contributed by atoms with Gasteiger partial charge >= 0.3 is 0 Å². The number of amides is 1. The van der Waals surface area contributed by atoms with Crippen LogP contribution in [0, 0.1) is 5.82 Å². The van der Waals surface area contributed by atoms with E-state index in [0.717, 1.165) is 33.2 Å². The number of aromatic nitrogens is 1. The molecular weight excluding hydrogens is 427 g/mol. The molecule has 4 aromatic rings. The van der Waals surface area contributed by atoms with Gasteiger partial charge in [0.05, 0.1) is 24.8 Å². The van der Waals surface area contributed by atoms with Crippen LogP contribution in [0.2, 0.25) is 0 Å². The Bertz CT molecular complexity index is 1320. The van der Waals surface area contributed by atoms with Gasteiger partial charge in [-0.1, -0.05) is 17.4 Å². The number of carbonyl (C=O) groups excluding carboxylic acids is 1. The van der Waals surface area contributed by atoms with Gasteiger partial charge in [-0.25, -0.2) is 4.39 Å². The summed E-state index contributed by atoms with van der Waals surface area (Å²) < 4.78 is 26.0. The number of benzene rings is 3. The number of ether oxygens (including phenoxy) is 2. The molecule has 0 radical (unpaired) electrons. The van der Waals surface area contributed by atoms with Gasteiger partial charge in [0, 0.05) is 12.6 Å². The van der Waals surface area contributed by atoms with Crippen LogP contribution in [0.1, 0.15) is 10.4 Å². The Hall–Kier alpha value is -3.71. The summed E-state index contributed by atoms with van der Waals surface area (Å²) in [6, 6.07) is 21.0. The highest BCUT2D eigenvalue weighted by Gasteiger charge is 2.17. The van der Waals surface area contributed by atoms with Crippen LogP contribution in [0.25, 0.3) is 21.7 Å². The fraction of sp³-hybridized carbons (Fsp3) is 0.120. The van der Waals surface area contributed by atoms with E-state index in [0.29, 0.717) is 4.80 Å². The normalized spacial score (nSPS) is 11.4. The van der Waals surface area contributed by atoms with Crippen molar-refractivity contribution in [1.29, 1.82) is 0 Å². The molecule has 0 saturated carbocycles. The summed E-state index contributed by atoms with van der Waals surface area (Å²) in [5.41, 5.74) is 3.04. The lowest BCUT2D eigenvalue weighted by molar-refractivity contribution is 0.0997. The maximum atomic E-state index is 13.6. The highest BCUT2D eigenvalue weighted by atomic mass is 32.1. The lowest BCUT2D eigenvalue weighted by atomic mass is 10.1. The fourth-order valence-corrected chi connectivity index (χ4v) is 4.48. The molecule has 0 aliphatic carbocycles. The third-order valence-electron chi connectivity index (χ3n) is 5.02. The molecule has 162 valence electrons. The first-order chi connectivity index (χ1) is 15.5. The third-order valence-corrected chi connectivity index (χ3v) is 6.20. The summed E-state index contributed by atoms with van der Waals surface area (Å²) in [4.78, 5) is 18.5. The zero-order chi connectivity index (χ0) is 22.7. The molecule has 0 N–H and O–H groups in total. The standard InChI is InChI=1S/C25H21FN2O3S/c1-28-22(16-7-11-20(30-2)12-8-16)23(17-9-13-21(31-3)14-10-17)32-25(28)27-24(29)18-5-4-6-19(26)15-18/h4-15H,1-3H3. The van der Waals surface area contributed by atoms with Crippen molar-refractivity contribution in [2.24, 2.45) is 12.0 Å². The number of carbonyl (C=O) groups is 1. The van der Waals surface area contributed by atoms with Crippen molar-refractivity contribution in [3.05, 3.63) is 89.0 Å². The van der Waals surface area contributed by atoms with Crippen LogP contribution in [-0.4, -0.2) is 24.7 Å². The molecule has 1 heterocycles. The minimum atomic E-state index is -0.496. The molecule has 3 aromatic carbocycles. The second-order valence-corrected chi connectivity index (χ2v) is 7.98. The second-order valence-electron chi connectivity index (χ2n) is 7.01. The Kier molecular flexibility index (Phi) is 6.18. The van der Waals surface area contributed by atoms with E-state index in [4.69, 9.17) is 9.47 Å². The van der Waals surface area contributed by atoms with Crippen molar-refractivity contribution in [1.82, 2.24) is 4.57 Å². The van der Waals surface area contributed by atoms with Gasteiger partial charge in [-0.15, -0.1) is 0 Å². The quantitative estimate of drug-likeness (QED) is 0.415. The molecule has 0 bridgehead atoms. The van der Waals surface area contributed by atoms with Gasteiger partial charge in [0.15, 0.2) is 4.80 Å². The van der Waals surface area contributed by atoms with Crippen molar-refractivity contribution in [3.8, 4) is 33.2 Å². The molecule has 0 aliphatic heterocycles. The van der Waals surface area contributed by atoms with Gasteiger partial charge in [-0.3, -0.25) is 4.79 Å². The lowest BCUT2D eigenvalue weighted by Gasteiger charge is -2.09. The maximum Gasteiger partial charge on any atom is 0.279 e. The first-order valence-electron chi connectivity index (χ1n) is 9.83. The van der Waals surface area contributed by atoms with E-state index in [-0.39, 0.29) is 5.56 Å². The van der Waals surface area contributed by atoms with Gasteiger partial charge in [0.25, 0.3) is 5.91 Å². The Labute approximate surface area is 189 Å². The molecule has 4 rings (SSSR count). The molecule has 1 aromatic heterocycles. The van der Waals surface area contributed by atoms with Gasteiger partial charge < -0.3 is 14.0 Å². The zero-order valence-electron chi connectivity index (χ0n) is 17.8. The van der Waals surface area contributed by atoms with Crippen LogP contribution in [0.4, 0.5) is 4.39 Å². The molecule has 0 fully saturated rings. The number of thiazole rings is 1. The topological polar surface area (TPSA) is 52.8 Å². The number of hydrogen-bond acceptors (Lipinski definition) is 4. The monoisotopic (exact) mass is 448 g/mol. The number of nitrogens with zero attached hydrogens (tertiary/aromatic N) is 2. The van der Waals surface area contributed by atoms with Crippen molar-refractivity contribution in [3.63, 3.8) is 0 Å². The van der Waals surface area contributed by atoms with Crippen LogP contribution in [0.5, 0.6) is 11.5 Å². The van der Waals surface area contributed by atoms with Gasteiger partial charge in [0.1, 0.15) is 17.3 Å². The van der Waals surface area contributed by atoms with Gasteiger partial charge in [-0.05, 0) is 77.9 Å². The van der Waals surface area contributed by atoms with E-state index < -0.39 is 11.7 Å². The van der Waals surface area contributed by atoms with E-state index in [9.17, 15) is 9.18 Å². The molecule has 1 amide bonds. The summed E-state index contributed by atoms with van der Waals surface area (Å²) in [6.07, 6.45) is 0. The van der Waals surface area contributed by atoms with Crippen molar-refractivity contribution >= 4 is 17.2 Å². The third kappa shape index (κ3) is 4.33. The van der Waals surface area contributed by atoms with Crippen LogP contribution in [0.3, 0.4) is 0 Å². The second kappa shape index (κ2) is 9.20. The van der Waals surface area contributed by atoms with E-state index >= 15 is 0 Å². The lowest BCUT2D eigenvalue weighted by Crippen LogP contribution is -2.14. The average molecular weight is 449 g/mol. The molecule has 0 saturated heterocycles. The Balaban J connectivity index is 1.88. The zero-order valence-corrected chi connectivity index (χ0v) is 18.7. The van der Waals surface area contributed by atoms with Crippen molar-refractivity contribution < 1.29 is 18.7 Å². The summed E-state index contributed by atoms with van der Waals surface area (Å²) in [6.45, 7) is 0. The number of rotatable bonds is 5. The number of methoxy groups -OCH3 is 2. The Morgan fingerprint density at radius 3 is 2.06 bits per heavy atom. The van der Waals surface area contributed by atoms with E-state index in [1.807, 2.05) is 60.1 Å². The largest absolute Gasteiger partial charge is 0.497 e. The van der Waals surface area contributed by atoms with Crippen LogP contribution in [0.15, 0.2) is 77.8 Å². The van der Waals surface area contributed by atoms with Crippen LogP contribution >= 0.6 is 11.3 Å². The fourth-order valence-electron chi connectivity index (χ4n) is 3.34. The first kappa shape index (κ1) is 21.5. The van der Waals surface area contributed by atoms with E-state index in [2.05, 4.69) is 4.99 Å². The summed E-state index contributed by atoms with van der Waals surface area (Å²) in [5.74, 6) is 0.541. The van der Waals surface area contributed by atoms with Crippen LogP contribution < -0.4 is 14.3 Å². The smallest absolute Gasteiger partial charge is 0.279 e. The van der Waals surface area contributed by atoms with Crippen molar-refractivity contribution in [2.45, 2.75) is 0 Å². The molecule has 0 aliphatic rings. The summed E-state index contributed by atoms with van der Waals surface area (Å²) >= 11 is 1.39. The Morgan fingerprint density at radius 1 is 0.906 bits per heavy atom. The number of hydrogen-bond donors (Lipinski definition) is 0. The molecule has 0 spiro atoms. The molecule has 5 nitrogen and oxygen atoms in total. The summed E-state index contributed by atoms with van der Waals surface area (Å²) in [7, 11) is 5.11. The minimum absolute atomic E-state index is 0.204. The predicted molar refractivity (Wildman–Crippen MR) is 124 cm³/mol. The first-order valence-corrected chi connectivity index (χ1v) is 10.6. The Morgan fingerprint density at radius 2 is 1.50 bits per heavy atom. The van der Waals surface area contributed by atoms with E-state index in [1.165, 1.54) is 29.5 Å². The molecule has 0 unspecified atom stereocenters. The van der Waals surface area contributed by atoms with Crippen molar-refractivity contribution in [2.75, 3.05) is 14.2 Å². The van der Waals surface area contributed by atoms with E-state index in [1.54, 1.807) is 20.3 Å². The number of halogens is 1. The van der Waals surface area contributed by atoms with Crippen LogP contribution in [-0.2, 0) is 7.05 Å².